The van der Waals surface area contributed by atoms with Crippen LogP contribution >= 0.6 is 0 Å². The van der Waals surface area contributed by atoms with Gasteiger partial charge in [-0.1, -0.05) is 54.6 Å². The fraction of sp³-hybridized carbons (Fsp3) is 0.242. The molecule has 0 fully saturated rings. The van der Waals surface area contributed by atoms with E-state index >= 15 is 0 Å². The van der Waals surface area contributed by atoms with Gasteiger partial charge in [0.1, 0.15) is 25.8 Å². The molecule has 1 atom stereocenters. The molecule has 0 bridgehead atoms. The first kappa shape index (κ1) is 30.9. The summed E-state index contributed by atoms with van der Waals surface area (Å²) in [6.45, 7) is -4.88. The first-order valence-electron chi connectivity index (χ1n) is 13.6. The highest BCUT2D eigenvalue weighted by molar-refractivity contribution is 5.83. The van der Waals surface area contributed by atoms with Crippen LogP contribution in [0.25, 0.3) is 27.8 Å². The lowest BCUT2D eigenvalue weighted by Crippen LogP contribution is -2.59. The average molecular weight is 612 g/mol. The molecule has 0 aliphatic carbocycles. The fourth-order valence-electron chi connectivity index (χ4n) is 5.31. The van der Waals surface area contributed by atoms with Gasteiger partial charge < -0.3 is 5.11 Å². The van der Waals surface area contributed by atoms with Crippen molar-refractivity contribution in [3.63, 3.8) is 0 Å². The fourth-order valence-corrected chi connectivity index (χ4v) is 5.31. The second-order valence-corrected chi connectivity index (χ2v) is 10.7. The van der Waals surface area contributed by atoms with E-state index in [0.717, 1.165) is 22.3 Å². The molecule has 5 aromatic rings. The highest BCUT2D eigenvalue weighted by atomic mass is 19.4. The predicted molar refractivity (Wildman–Crippen MR) is 155 cm³/mol. The lowest BCUT2D eigenvalue weighted by Gasteiger charge is -2.43. The molecule has 1 unspecified atom stereocenters. The Labute approximate surface area is 248 Å². The molecular weight excluding hydrogens is 584 g/mol. The summed E-state index contributed by atoms with van der Waals surface area (Å²) in [7, 11) is 0. The van der Waals surface area contributed by atoms with E-state index in [1.165, 1.54) is 13.0 Å². The molecule has 0 aliphatic rings. The van der Waals surface area contributed by atoms with Crippen LogP contribution in [0.1, 0.15) is 22.5 Å². The summed E-state index contributed by atoms with van der Waals surface area (Å²) < 4.78 is 86.8. The summed E-state index contributed by atoms with van der Waals surface area (Å²) in [5.41, 5.74) is -6.98. The van der Waals surface area contributed by atoms with E-state index in [4.69, 9.17) is 4.98 Å². The third kappa shape index (κ3) is 5.15. The maximum Gasteiger partial charge on any atom is 0.422 e. The van der Waals surface area contributed by atoms with Crippen LogP contribution in [0.3, 0.4) is 0 Å². The van der Waals surface area contributed by atoms with Gasteiger partial charge in [-0.2, -0.15) is 13.2 Å². The number of pyridine rings is 1. The standard InChI is InChI=1S/C33H27F6N3O2/c1-21-10-12-24(32(44,33(37,38)39)31(18-34,19-35)20-36)17-28(21)42-29(15-22-7-3-2-4-8-22)41-27-13-11-23(16-25(27)30(42)43)26-9-5-6-14-40-26/h2-14,16-17,44H,15,18-20H2,1H3. The van der Waals surface area contributed by atoms with Crippen LogP contribution in [-0.2, 0) is 12.0 Å². The summed E-state index contributed by atoms with van der Waals surface area (Å²) in [6.07, 6.45) is -4.01. The van der Waals surface area contributed by atoms with Crippen molar-refractivity contribution in [3.8, 4) is 16.9 Å². The maximum atomic E-state index is 14.5. The minimum absolute atomic E-state index is 0.0879. The van der Waals surface area contributed by atoms with Crippen molar-refractivity contribution >= 4 is 10.9 Å². The Hall–Kier alpha value is -4.51. The highest BCUT2D eigenvalue weighted by Crippen LogP contribution is 2.52. The second-order valence-electron chi connectivity index (χ2n) is 10.7. The minimum atomic E-state index is -5.68. The maximum absolute atomic E-state index is 14.5. The third-order valence-electron chi connectivity index (χ3n) is 7.92. The number of aliphatic hydroxyl groups is 1. The molecule has 0 radical (unpaired) electrons. The molecule has 0 saturated carbocycles. The van der Waals surface area contributed by atoms with Crippen molar-refractivity contribution in [2.45, 2.75) is 25.1 Å². The summed E-state index contributed by atoms with van der Waals surface area (Å²) in [4.78, 5) is 23.2. The normalized spacial score (nSPS) is 13.6. The molecule has 11 heteroatoms. The van der Waals surface area contributed by atoms with E-state index < -0.39 is 48.3 Å². The number of hydrogen-bond donors (Lipinski definition) is 1. The molecule has 3 aromatic carbocycles. The van der Waals surface area contributed by atoms with Crippen molar-refractivity contribution in [2.24, 2.45) is 5.41 Å². The number of alkyl halides is 6. The molecule has 0 amide bonds. The number of halogens is 6. The molecule has 0 spiro atoms. The van der Waals surface area contributed by atoms with Crippen molar-refractivity contribution < 1.29 is 31.4 Å². The largest absolute Gasteiger partial charge is 0.422 e. The lowest BCUT2D eigenvalue weighted by atomic mass is 9.69. The van der Waals surface area contributed by atoms with Gasteiger partial charge >= 0.3 is 6.18 Å². The quantitative estimate of drug-likeness (QED) is 0.183. The number of aryl methyl sites for hydroxylation is 1. The van der Waals surface area contributed by atoms with Gasteiger partial charge in [-0.05, 0) is 53.9 Å². The number of nitrogens with zero attached hydrogens (tertiary/aromatic N) is 3. The van der Waals surface area contributed by atoms with E-state index in [-0.39, 0.29) is 23.3 Å². The molecular formula is C33H27F6N3O2. The highest BCUT2D eigenvalue weighted by Gasteiger charge is 2.68. The van der Waals surface area contributed by atoms with Gasteiger partial charge in [0.05, 0.1) is 27.7 Å². The Bertz CT molecular complexity index is 1830. The number of benzene rings is 3. The van der Waals surface area contributed by atoms with Crippen LogP contribution in [0.4, 0.5) is 26.3 Å². The number of aromatic nitrogens is 3. The zero-order valence-corrected chi connectivity index (χ0v) is 23.5. The number of rotatable bonds is 9. The van der Waals surface area contributed by atoms with E-state index in [0.29, 0.717) is 22.3 Å². The van der Waals surface area contributed by atoms with Crippen molar-refractivity contribution in [2.75, 3.05) is 20.0 Å². The van der Waals surface area contributed by atoms with Crippen LogP contribution in [0, 0.1) is 12.3 Å². The Kier molecular flexibility index (Phi) is 8.35. The molecule has 5 rings (SSSR count). The minimum Gasteiger partial charge on any atom is -0.376 e. The Morgan fingerprint density at radius 3 is 2.14 bits per heavy atom. The summed E-state index contributed by atoms with van der Waals surface area (Å²) in [5.74, 6) is 0.155. The van der Waals surface area contributed by atoms with Crippen LogP contribution in [0.5, 0.6) is 0 Å². The molecule has 44 heavy (non-hydrogen) atoms. The Morgan fingerprint density at radius 1 is 0.841 bits per heavy atom. The Balaban J connectivity index is 1.82. The molecule has 1 N–H and O–H groups in total. The molecule has 2 heterocycles. The van der Waals surface area contributed by atoms with E-state index in [9.17, 15) is 36.2 Å². The predicted octanol–water partition coefficient (Wildman–Crippen LogP) is 6.99. The van der Waals surface area contributed by atoms with Gasteiger partial charge in [-0.15, -0.1) is 0 Å². The molecule has 5 nitrogen and oxygen atoms in total. The molecule has 0 saturated heterocycles. The van der Waals surface area contributed by atoms with Crippen LogP contribution in [0.15, 0.2) is 95.9 Å². The van der Waals surface area contributed by atoms with Crippen LogP contribution in [-0.4, -0.2) is 45.8 Å². The lowest BCUT2D eigenvalue weighted by molar-refractivity contribution is -0.317. The van der Waals surface area contributed by atoms with Crippen LogP contribution in [0.2, 0.25) is 0 Å². The SMILES string of the molecule is Cc1ccc(C(O)(C(F)(F)F)C(CF)(CF)CF)cc1-n1c(Cc2ccccc2)nc2ccc(-c3ccccn3)cc2c1=O. The van der Waals surface area contributed by atoms with Crippen LogP contribution < -0.4 is 5.56 Å². The van der Waals surface area contributed by atoms with Gasteiger partial charge in [-0.25, -0.2) is 4.98 Å². The third-order valence-corrected chi connectivity index (χ3v) is 7.92. The van der Waals surface area contributed by atoms with Gasteiger partial charge in [0.25, 0.3) is 5.56 Å². The monoisotopic (exact) mass is 611 g/mol. The topological polar surface area (TPSA) is 68.0 Å². The molecule has 228 valence electrons. The number of hydrogen-bond acceptors (Lipinski definition) is 4. The summed E-state index contributed by atoms with van der Waals surface area (Å²) in [6, 6.07) is 22.0. The summed E-state index contributed by atoms with van der Waals surface area (Å²) >= 11 is 0. The zero-order chi connectivity index (χ0) is 31.7. The first-order valence-corrected chi connectivity index (χ1v) is 13.6. The smallest absolute Gasteiger partial charge is 0.376 e. The number of fused-ring (bicyclic) bond motifs is 1. The van der Waals surface area contributed by atoms with Gasteiger partial charge in [0.2, 0.25) is 0 Å². The Morgan fingerprint density at radius 2 is 1.52 bits per heavy atom. The zero-order valence-electron chi connectivity index (χ0n) is 23.5. The molecule has 2 aromatic heterocycles. The average Bonchev–Trinajstić information content (AvgIpc) is 3.03. The van der Waals surface area contributed by atoms with E-state index in [1.54, 1.807) is 72.9 Å². The van der Waals surface area contributed by atoms with Crippen molar-refractivity contribution in [3.05, 3.63) is 124 Å². The van der Waals surface area contributed by atoms with Crippen molar-refractivity contribution in [1.29, 1.82) is 0 Å². The second kappa shape index (κ2) is 11.9. The first-order chi connectivity index (χ1) is 21.0. The molecule has 0 aliphatic heterocycles. The van der Waals surface area contributed by atoms with Gasteiger partial charge in [0.15, 0.2) is 5.60 Å². The summed E-state index contributed by atoms with van der Waals surface area (Å²) in [5, 5.41) is 11.2. The van der Waals surface area contributed by atoms with Gasteiger partial charge in [0, 0.05) is 18.2 Å². The van der Waals surface area contributed by atoms with Crippen molar-refractivity contribution in [1.82, 2.24) is 14.5 Å². The van der Waals surface area contributed by atoms with E-state index in [1.807, 2.05) is 0 Å². The van der Waals surface area contributed by atoms with E-state index in [2.05, 4.69) is 4.98 Å². The van der Waals surface area contributed by atoms with Gasteiger partial charge in [-0.3, -0.25) is 27.5 Å².